The molecule has 0 spiro atoms. The first-order valence-electron chi connectivity index (χ1n) is 15.2. The van der Waals surface area contributed by atoms with Crippen LogP contribution in [0.3, 0.4) is 0 Å². The van der Waals surface area contributed by atoms with Crippen LogP contribution in [0.5, 0.6) is 11.5 Å². The second-order valence-electron chi connectivity index (χ2n) is 10.9. The van der Waals surface area contributed by atoms with E-state index in [0.29, 0.717) is 33.4 Å². The summed E-state index contributed by atoms with van der Waals surface area (Å²) in [6, 6.07) is 26.4. The number of methoxy groups -OCH3 is 1. The number of carbonyl (C=O) groups is 1. The Hall–Kier alpha value is -5.83. The Bertz CT molecular complexity index is 2350. The SMILES string of the molecule is C=CC1=CCc2cc(-c3cc(=O)cc[nH]3)ccc2O1.CC(=O)C=C(C)O.COc1ccnc(-c2[c-]cc3oc4ccccc4c(=O)c3c2)c1.[Ir]. The van der Waals surface area contributed by atoms with Crippen molar-refractivity contribution in [2.75, 3.05) is 7.11 Å². The maximum absolute atomic E-state index is 12.7. The Kier molecular flexibility index (Phi) is 12.6. The number of benzene rings is 3. The maximum Gasteiger partial charge on any atom is 0.182 e. The van der Waals surface area contributed by atoms with Gasteiger partial charge in [0, 0.05) is 56.4 Å². The number of aliphatic hydroxyl groups is 1. The number of rotatable bonds is 5. The second kappa shape index (κ2) is 17.0. The van der Waals surface area contributed by atoms with Gasteiger partial charge in [-0.2, -0.15) is 0 Å². The standard InChI is InChI=1S/C19H12NO3.C16H13NO2.C5H8O2.Ir/c1-22-13-8-9-20-16(11-13)12-6-7-18-15(10-12)19(21)14-4-2-3-5-17(14)23-18;1-2-14-5-3-12-9-11(4-6-16(12)19-14)15-10-13(18)7-8-17-15;1-4(6)3-5(2)7;/h2-5,7-11H,1H3;2,4-10H,1,3H2,(H,17,18);3,6H,1-2H3;/q-1;;;. The quantitative estimate of drug-likeness (QED) is 0.0776. The number of ether oxygens (including phenoxy) is 2. The van der Waals surface area contributed by atoms with E-state index in [2.05, 4.69) is 22.6 Å². The molecule has 0 unspecified atom stereocenters. The number of hydrogen-bond acceptors (Lipinski definition) is 8. The molecule has 0 bridgehead atoms. The molecule has 9 nitrogen and oxygen atoms in total. The van der Waals surface area contributed by atoms with Crippen LogP contribution in [-0.4, -0.2) is 28.0 Å². The van der Waals surface area contributed by atoms with Gasteiger partial charge in [-0.05, 0) is 97.1 Å². The number of allylic oxidation sites excluding steroid dienone is 4. The van der Waals surface area contributed by atoms with Crippen LogP contribution in [0.25, 0.3) is 44.5 Å². The van der Waals surface area contributed by atoms with E-state index in [9.17, 15) is 14.4 Å². The van der Waals surface area contributed by atoms with Crippen molar-refractivity contribution in [1.29, 1.82) is 0 Å². The van der Waals surface area contributed by atoms with Crippen LogP contribution in [0.1, 0.15) is 19.4 Å². The van der Waals surface area contributed by atoms with Gasteiger partial charge in [-0.25, -0.2) is 0 Å². The van der Waals surface area contributed by atoms with Crippen molar-refractivity contribution < 1.29 is 43.9 Å². The molecule has 1 aliphatic rings. The van der Waals surface area contributed by atoms with Gasteiger partial charge in [0.15, 0.2) is 16.6 Å². The molecule has 7 rings (SSSR count). The summed E-state index contributed by atoms with van der Waals surface area (Å²) in [5, 5.41) is 9.44. The first-order chi connectivity index (χ1) is 23.6. The summed E-state index contributed by atoms with van der Waals surface area (Å²) in [6.07, 6.45) is 8.98. The van der Waals surface area contributed by atoms with Gasteiger partial charge in [-0.3, -0.25) is 14.4 Å². The summed E-state index contributed by atoms with van der Waals surface area (Å²) >= 11 is 0. The van der Waals surface area contributed by atoms with Crippen molar-refractivity contribution in [2.45, 2.75) is 20.3 Å². The zero-order chi connectivity index (χ0) is 34.9. The van der Waals surface area contributed by atoms with Crippen molar-refractivity contribution >= 4 is 27.7 Å². The zero-order valence-electron chi connectivity index (χ0n) is 27.5. The summed E-state index contributed by atoms with van der Waals surface area (Å²) in [6.45, 7) is 6.55. The zero-order valence-corrected chi connectivity index (χ0v) is 29.9. The molecule has 1 aliphatic heterocycles. The van der Waals surface area contributed by atoms with Gasteiger partial charge >= 0.3 is 0 Å². The number of para-hydroxylation sites is 1. The predicted molar refractivity (Wildman–Crippen MR) is 191 cm³/mol. The molecule has 0 amide bonds. The largest absolute Gasteiger partial charge is 0.512 e. The Morgan fingerprint density at radius 1 is 1.02 bits per heavy atom. The molecule has 0 fully saturated rings. The second-order valence-corrected chi connectivity index (χ2v) is 10.9. The van der Waals surface area contributed by atoms with Crippen molar-refractivity contribution in [3.8, 4) is 34.0 Å². The number of nitrogens with one attached hydrogen (secondary N) is 1. The van der Waals surface area contributed by atoms with Crippen molar-refractivity contribution in [1.82, 2.24) is 9.97 Å². The molecule has 255 valence electrons. The van der Waals surface area contributed by atoms with Gasteiger partial charge in [-0.1, -0.05) is 18.7 Å². The summed E-state index contributed by atoms with van der Waals surface area (Å²) in [5.41, 5.74) is 5.34. The van der Waals surface area contributed by atoms with E-state index in [1.807, 2.05) is 36.4 Å². The Morgan fingerprint density at radius 3 is 2.52 bits per heavy atom. The third-order valence-corrected chi connectivity index (χ3v) is 7.26. The van der Waals surface area contributed by atoms with Gasteiger partial charge in [0.2, 0.25) is 0 Å². The van der Waals surface area contributed by atoms with Crippen LogP contribution in [0.2, 0.25) is 0 Å². The van der Waals surface area contributed by atoms with E-state index < -0.39 is 0 Å². The Labute approximate surface area is 301 Å². The summed E-state index contributed by atoms with van der Waals surface area (Å²) < 4.78 is 16.7. The number of carbonyl (C=O) groups excluding carboxylic acids is 1. The van der Waals surface area contributed by atoms with Gasteiger partial charge < -0.3 is 29.0 Å². The maximum atomic E-state index is 12.7. The molecule has 2 N–H and O–H groups in total. The number of nitrogens with zero attached hydrogens (tertiary/aromatic N) is 1. The van der Waals surface area contributed by atoms with Gasteiger partial charge in [0.1, 0.15) is 22.8 Å². The minimum atomic E-state index is -0.125. The van der Waals surface area contributed by atoms with Crippen molar-refractivity contribution in [3.63, 3.8) is 0 Å². The molecule has 0 saturated carbocycles. The average molecular weight is 846 g/mol. The first kappa shape index (κ1) is 37.0. The van der Waals surface area contributed by atoms with E-state index in [4.69, 9.17) is 19.0 Å². The average Bonchev–Trinajstić information content (AvgIpc) is 3.11. The topological polar surface area (TPSA) is 132 Å². The van der Waals surface area contributed by atoms with Crippen molar-refractivity contribution in [3.05, 3.63) is 160 Å². The van der Waals surface area contributed by atoms with E-state index in [1.54, 1.807) is 68.0 Å². The molecule has 0 saturated heterocycles. The van der Waals surface area contributed by atoms with Gasteiger partial charge in [-0.15, -0.1) is 23.8 Å². The van der Waals surface area contributed by atoms with E-state index in [1.165, 1.54) is 26.0 Å². The van der Waals surface area contributed by atoms with Crippen LogP contribution in [-0.2, 0) is 31.3 Å². The predicted octanol–water partition coefficient (Wildman–Crippen LogP) is 7.90. The Balaban J connectivity index is 0.000000189. The number of aromatic nitrogens is 2. The fraction of sp³-hybridized carbons (Fsp3) is 0.100. The minimum Gasteiger partial charge on any atom is -0.512 e. The van der Waals surface area contributed by atoms with E-state index in [-0.39, 0.29) is 42.5 Å². The molecule has 3 aromatic carbocycles. The number of H-pyrrole nitrogens is 1. The molecule has 0 aliphatic carbocycles. The first-order valence-corrected chi connectivity index (χ1v) is 15.2. The van der Waals surface area contributed by atoms with Crippen LogP contribution in [0, 0.1) is 6.07 Å². The molecule has 0 atom stereocenters. The number of aromatic amines is 1. The molecular formula is C40H33IrN2O7-. The number of hydrogen-bond donors (Lipinski definition) is 2. The molecule has 6 aromatic rings. The minimum absolute atomic E-state index is 0. The molecule has 3 aromatic heterocycles. The molecule has 4 heterocycles. The fourth-order valence-electron chi connectivity index (χ4n) is 5.00. The van der Waals surface area contributed by atoms with Gasteiger partial charge in [0.25, 0.3) is 0 Å². The fourth-order valence-corrected chi connectivity index (χ4v) is 5.00. The summed E-state index contributed by atoms with van der Waals surface area (Å²) in [7, 11) is 1.60. The number of ketones is 1. The van der Waals surface area contributed by atoms with Gasteiger partial charge in [0.05, 0.1) is 23.8 Å². The Morgan fingerprint density at radius 2 is 1.82 bits per heavy atom. The van der Waals surface area contributed by atoms with Crippen LogP contribution in [0.15, 0.2) is 142 Å². The third kappa shape index (κ3) is 9.19. The monoisotopic (exact) mass is 846 g/mol. The van der Waals surface area contributed by atoms with E-state index in [0.717, 1.165) is 40.3 Å². The number of aliphatic hydroxyl groups excluding tert-OH is 1. The normalized spacial score (nSPS) is 11.7. The number of fused-ring (bicyclic) bond motifs is 3. The smallest absolute Gasteiger partial charge is 0.182 e. The van der Waals surface area contributed by atoms with Crippen LogP contribution < -0.4 is 20.3 Å². The van der Waals surface area contributed by atoms with E-state index >= 15 is 0 Å². The molecule has 10 heteroatoms. The van der Waals surface area contributed by atoms with Crippen molar-refractivity contribution in [2.24, 2.45) is 0 Å². The summed E-state index contributed by atoms with van der Waals surface area (Å²) in [4.78, 5) is 41.5. The third-order valence-electron chi connectivity index (χ3n) is 7.26. The van der Waals surface area contributed by atoms with Crippen LogP contribution in [0.4, 0.5) is 0 Å². The van der Waals surface area contributed by atoms with Crippen LogP contribution >= 0.6 is 0 Å². The molecule has 1 radical (unpaired) electrons. The molecular weight excluding hydrogens is 813 g/mol. The summed E-state index contributed by atoms with van der Waals surface area (Å²) in [5.74, 6) is 2.27. The molecule has 50 heavy (non-hydrogen) atoms. The number of pyridine rings is 2.